The van der Waals surface area contributed by atoms with E-state index in [4.69, 9.17) is 0 Å². The van der Waals surface area contributed by atoms with Crippen LogP contribution in [0, 0.1) is 0 Å². The standard InChI is InChI=1S/C66H48N2/c1-65(2)57-19-11-9-17-51(57)53-33-29-49(39-59(53)65)67(47-27-21-41-13-5-7-15-45(41)37-47)61-35-25-43-24-32-56-62(36-26-44-23-31-55(61)63(43)64(44)56)68(48-28-22-42-14-6-8-16-46(42)38-48)50-30-34-54-52-18-10-12-20-58(52)66(3,4)60(54)40-50/h5-40H,1-4H3. The summed E-state index contributed by atoms with van der Waals surface area (Å²) in [6.07, 6.45) is 0. The van der Waals surface area contributed by atoms with Gasteiger partial charge in [-0.15, -0.1) is 0 Å². The quantitative estimate of drug-likeness (QED) is 0.154. The lowest BCUT2D eigenvalue weighted by Crippen LogP contribution is -2.17. The maximum absolute atomic E-state index is 2.50. The topological polar surface area (TPSA) is 6.48 Å². The minimum atomic E-state index is -0.133. The first-order valence-electron chi connectivity index (χ1n) is 24.0. The Morgan fingerprint density at radius 3 is 1.06 bits per heavy atom. The zero-order valence-corrected chi connectivity index (χ0v) is 38.7. The number of anilines is 6. The molecule has 0 N–H and O–H groups in total. The zero-order chi connectivity index (χ0) is 45.5. The lowest BCUT2D eigenvalue weighted by molar-refractivity contribution is 0.660. The Balaban J connectivity index is 1.00. The molecule has 2 nitrogen and oxygen atoms in total. The highest BCUT2D eigenvalue weighted by atomic mass is 15.2. The van der Waals surface area contributed by atoms with E-state index in [-0.39, 0.29) is 10.8 Å². The van der Waals surface area contributed by atoms with Gasteiger partial charge >= 0.3 is 0 Å². The van der Waals surface area contributed by atoms with Gasteiger partial charge in [-0.1, -0.05) is 185 Å². The molecular weight excluding hydrogens is 821 g/mol. The van der Waals surface area contributed by atoms with E-state index < -0.39 is 0 Å². The molecule has 0 atom stereocenters. The normalized spacial score (nSPS) is 14.1. The zero-order valence-electron chi connectivity index (χ0n) is 38.7. The fourth-order valence-electron chi connectivity index (χ4n) is 12.3. The number of hydrogen-bond donors (Lipinski definition) is 0. The van der Waals surface area contributed by atoms with Gasteiger partial charge in [0.2, 0.25) is 0 Å². The molecule has 14 rings (SSSR count). The minimum Gasteiger partial charge on any atom is -0.310 e. The Bertz CT molecular complexity index is 3790. The fourth-order valence-corrected chi connectivity index (χ4v) is 12.3. The maximum Gasteiger partial charge on any atom is 0.0540 e. The van der Waals surface area contributed by atoms with Crippen molar-refractivity contribution in [2.24, 2.45) is 0 Å². The van der Waals surface area contributed by atoms with Gasteiger partial charge in [0.05, 0.1) is 11.4 Å². The van der Waals surface area contributed by atoms with Crippen molar-refractivity contribution in [2.75, 3.05) is 9.80 Å². The molecule has 2 aliphatic rings. The van der Waals surface area contributed by atoms with E-state index in [9.17, 15) is 0 Å². The molecular formula is C66H48N2. The van der Waals surface area contributed by atoms with E-state index in [1.54, 1.807) is 0 Å². The van der Waals surface area contributed by atoms with Crippen molar-refractivity contribution >= 4 is 88.0 Å². The van der Waals surface area contributed by atoms with Gasteiger partial charge in [-0.3, -0.25) is 0 Å². The van der Waals surface area contributed by atoms with Crippen molar-refractivity contribution in [1.29, 1.82) is 0 Å². The third-order valence-corrected chi connectivity index (χ3v) is 15.7. The highest BCUT2D eigenvalue weighted by molar-refractivity contribution is 6.28. The molecule has 0 saturated carbocycles. The second kappa shape index (κ2) is 14.2. The highest BCUT2D eigenvalue weighted by Crippen LogP contribution is 2.54. The fraction of sp³-hybridized carbons (Fsp3) is 0.0909. The van der Waals surface area contributed by atoms with Gasteiger partial charge in [-0.25, -0.2) is 0 Å². The van der Waals surface area contributed by atoms with Crippen LogP contribution in [0.1, 0.15) is 49.9 Å². The summed E-state index contributed by atoms with van der Waals surface area (Å²) in [4.78, 5) is 5.01. The SMILES string of the molecule is CC1(C)c2ccccc2-c2ccc(N(c3ccc4ccccc4c3)c3ccc4ccc5c(N(c6ccc7c(c6)C(C)(C)c6ccccc6-7)c6ccc7ccccc7c6)ccc6ccc3c4c65)cc21. The molecule has 0 amide bonds. The molecule has 0 unspecified atom stereocenters. The van der Waals surface area contributed by atoms with Crippen LogP contribution in [-0.4, -0.2) is 0 Å². The second-order valence-electron chi connectivity index (χ2n) is 20.1. The van der Waals surface area contributed by atoms with Crippen molar-refractivity contribution in [3.8, 4) is 22.3 Å². The monoisotopic (exact) mass is 868 g/mol. The maximum atomic E-state index is 2.50. The van der Waals surface area contributed by atoms with Gasteiger partial charge in [0.1, 0.15) is 0 Å². The van der Waals surface area contributed by atoms with Gasteiger partial charge in [-0.2, -0.15) is 0 Å². The predicted octanol–water partition coefficient (Wildman–Crippen LogP) is 18.4. The summed E-state index contributed by atoms with van der Waals surface area (Å²) >= 11 is 0. The Morgan fingerprint density at radius 1 is 0.265 bits per heavy atom. The van der Waals surface area contributed by atoms with Crippen molar-refractivity contribution < 1.29 is 0 Å². The summed E-state index contributed by atoms with van der Waals surface area (Å²) in [5.74, 6) is 0. The van der Waals surface area contributed by atoms with Crippen LogP contribution in [0.25, 0.3) is 76.1 Å². The molecule has 322 valence electrons. The molecule has 0 saturated heterocycles. The molecule has 0 fully saturated rings. The molecule has 0 aliphatic heterocycles. The number of benzene rings is 12. The molecule has 2 heteroatoms. The summed E-state index contributed by atoms with van der Waals surface area (Å²) in [6, 6.07) is 82.2. The lowest BCUT2D eigenvalue weighted by Gasteiger charge is -2.31. The smallest absolute Gasteiger partial charge is 0.0540 e. The molecule has 0 spiro atoms. The average molecular weight is 869 g/mol. The van der Waals surface area contributed by atoms with Crippen LogP contribution >= 0.6 is 0 Å². The molecule has 68 heavy (non-hydrogen) atoms. The van der Waals surface area contributed by atoms with Gasteiger partial charge in [0.25, 0.3) is 0 Å². The van der Waals surface area contributed by atoms with Crippen LogP contribution in [-0.2, 0) is 10.8 Å². The Labute approximate surface area is 397 Å². The molecule has 0 heterocycles. The van der Waals surface area contributed by atoms with Crippen molar-refractivity contribution in [1.82, 2.24) is 0 Å². The van der Waals surface area contributed by atoms with Gasteiger partial charge < -0.3 is 9.80 Å². The number of nitrogens with zero attached hydrogens (tertiary/aromatic N) is 2. The van der Waals surface area contributed by atoms with Crippen molar-refractivity contribution in [3.05, 3.63) is 241 Å². The van der Waals surface area contributed by atoms with Gasteiger partial charge in [-0.05, 0) is 148 Å². The van der Waals surface area contributed by atoms with Crippen LogP contribution in [0.4, 0.5) is 34.1 Å². The van der Waals surface area contributed by atoms with E-state index in [0.29, 0.717) is 0 Å². The van der Waals surface area contributed by atoms with Crippen molar-refractivity contribution in [2.45, 2.75) is 38.5 Å². The lowest BCUT2D eigenvalue weighted by atomic mass is 9.82. The van der Waals surface area contributed by atoms with Crippen LogP contribution in [0.5, 0.6) is 0 Å². The van der Waals surface area contributed by atoms with E-state index in [1.807, 2.05) is 0 Å². The Hall–Kier alpha value is -8.20. The van der Waals surface area contributed by atoms with Crippen LogP contribution in [0.15, 0.2) is 218 Å². The van der Waals surface area contributed by atoms with Crippen molar-refractivity contribution in [3.63, 3.8) is 0 Å². The molecule has 0 radical (unpaired) electrons. The molecule has 0 aromatic heterocycles. The highest BCUT2D eigenvalue weighted by Gasteiger charge is 2.37. The Morgan fingerprint density at radius 2 is 0.603 bits per heavy atom. The summed E-state index contributed by atoms with van der Waals surface area (Å²) in [5.41, 5.74) is 17.4. The van der Waals surface area contributed by atoms with E-state index in [0.717, 1.165) is 34.1 Å². The molecule has 2 aliphatic carbocycles. The third-order valence-electron chi connectivity index (χ3n) is 15.7. The van der Waals surface area contributed by atoms with Gasteiger partial charge in [0.15, 0.2) is 0 Å². The van der Waals surface area contributed by atoms with Crippen LogP contribution in [0.2, 0.25) is 0 Å². The summed E-state index contributed by atoms with van der Waals surface area (Å²) in [6.45, 7) is 9.50. The van der Waals surface area contributed by atoms with Crippen LogP contribution in [0.3, 0.4) is 0 Å². The number of rotatable bonds is 6. The first-order valence-corrected chi connectivity index (χ1v) is 24.0. The summed E-state index contributed by atoms with van der Waals surface area (Å²) in [5, 5.41) is 12.4. The largest absolute Gasteiger partial charge is 0.310 e. The number of fused-ring (bicyclic) bond motifs is 8. The minimum absolute atomic E-state index is 0.133. The molecule has 0 bridgehead atoms. The summed E-state index contributed by atoms with van der Waals surface area (Å²) < 4.78 is 0. The first-order chi connectivity index (χ1) is 33.2. The predicted molar refractivity (Wildman–Crippen MR) is 290 cm³/mol. The second-order valence-corrected chi connectivity index (χ2v) is 20.1. The Kier molecular flexibility index (Phi) is 8.12. The number of hydrogen-bond acceptors (Lipinski definition) is 2. The van der Waals surface area contributed by atoms with Crippen LogP contribution < -0.4 is 9.80 Å². The van der Waals surface area contributed by atoms with E-state index in [2.05, 4.69) is 256 Å². The molecule has 12 aromatic rings. The van der Waals surface area contributed by atoms with E-state index >= 15 is 0 Å². The van der Waals surface area contributed by atoms with E-state index in [1.165, 1.54) is 98.4 Å². The third kappa shape index (κ3) is 5.52. The first kappa shape index (κ1) is 39.0. The average Bonchev–Trinajstić information content (AvgIpc) is 3.75. The molecule has 12 aromatic carbocycles. The summed E-state index contributed by atoms with van der Waals surface area (Å²) in [7, 11) is 0. The van der Waals surface area contributed by atoms with Gasteiger partial charge in [0, 0.05) is 44.4 Å².